The quantitative estimate of drug-likeness (QED) is 0.541. The molecule has 0 radical (unpaired) electrons. The van der Waals surface area contributed by atoms with E-state index in [4.69, 9.17) is 0 Å². The van der Waals surface area contributed by atoms with Crippen molar-refractivity contribution in [2.45, 2.75) is 6.92 Å². The van der Waals surface area contributed by atoms with Gasteiger partial charge in [-0.15, -0.1) is 0 Å². The maximum atomic E-state index is 3.84. The lowest BCUT2D eigenvalue weighted by Gasteiger charge is -2.11. The molecule has 0 heterocycles. The van der Waals surface area contributed by atoms with Crippen LogP contribution in [-0.4, -0.2) is 25.2 Å². The van der Waals surface area contributed by atoms with Gasteiger partial charge in [0.1, 0.15) is 0 Å². The van der Waals surface area contributed by atoms with Gasteiger partial charge in [0, 0.05) is 20.3 Å². The minimum Gasteiger partial charge on any atom is -0.351 e. The molecule has 2 heteroatoms. The molecule has 0 fully saturated rings. The zero-order chi connectivity index (χ0) is 7.98. The standard InChI is InChI=1S/C8H14N2/c1-5-6-10(4)8(2)7-9-3/h5-7H,2H2,1,3-4H3/b6-5-,9-7?. The highest BCUT2D eigenvalue weighted by Crippen LogP contribution is 1.94. The largest absolute Gasteiger partial charge is 0.351 e. The summed E-state index contributed by atoms with van der Waals surface area (Å²) in [5.74, 6) is 0. The van der Waals surface area contributed by atoms with Crippen LogP contribution >= 0.6 is 0 Å². The van der Waals surface area contributed by atoms with Crippen LogP contribution in [0.3, 0.4) is 0 Å². The first-order chi connectivity index (χ1) is 4.72. The van der Waals surface area contributed by atoms with Gasteiger partial charge >= 0.3 is 0 Å². The highest BCUT2D eigenvalue weighted by atomic mass is 15.1. The third kappa shape index (κ3) is 3.07. The van der Waals surface area contributed by atoms with E-state index in [1.807, 2.05) is 31.1 Å². The Morgan fingerprint density at radius 1 is 1.60 bits per heavy atom. The summed E-state index contributed by atoms with van der Waals surface area (Å²) in [5.41, 5.74) is 0.889. The molecule has 0 aromatic carbocycles. The van der Waals surface area contributed by atoms with E-state index in [2.05, 4.69) is 11.6 Å². The van der Waals surface area contributed by atoms with Crippen molar-refractivity contribution >= 4 is 6.21 Å². The van der Waals surface area contributed by atoms with Gasteiger partial charge in [0.25, 0.3) is 0 Å². The van der Waals surface area contributed by atoms with Crippen molar-refractivity contribution in [1.29, 1.82) is 0 Å². The molecule has 0 bridgehead atoms. The van der Waals surface area contributed by atoms with Crippen LogP contribution in [0.2, 0.25) is 0 Å². The maximum Gasteiger partial charge on any atom is 0.0511 e. The van der Waals surface area contributed by atoms with Crippen molar-refractivity contribution in [3.05, 3.63) is 24.6 Å². The molecule has 2 nitrogen and oxygen atoms in total. The molecule has 0 aromatic rings. The Hall–Kier alpha value is -1.05. The van der Waals surface area contributed by atoms with Gasteiger partial charge in [-0.2, -0.15) is 0 Å². The van der Waals surface area contributed by atoms with Crippen molar-refractivity contribution in [3.8, 4) is 0 Å². The van der Waals surface area contributed by atoms with E-state index in [-0.39, 0.29) is 0 Å². The Morgan fingerprint density at radius 2 is 2.20 bits per heavy atom. The Labute approximate surface area is 62.6 Å². The van der Waals surface area contributed by atoms with Crippen molar-refractivity contribution in [2.75, 3.05) is 14.1 Å². The van der Waals surface area contributed by atoms with Gasteiger partial charge < -0.3 is 4.90 Å². The molecule has 0 aliphatic rings. The van der Waals surface area contributed by atoms with E-state index in [1.165, 1.54) is 0 Å². The van der Waals surface area contributed by atoms with Crippen LogP contribution in [0.1, 0.15) is 6.92 Å². The van der Waals surface area contributed by atoms with Crippen molar-refractivity contribution in [1.82, 2.24) is 4.90 Å². The third-order valence-electron chi connectivity index (χ3n) is 1.10. The number of nitrogens with zero attached hydrogens (tertiary/aromatic N) is 2. The Morgan fingerprint density at radius 3 is 2.60 bits per heavy atom. The van der Waals surface area contributed by atoms with Crippen molar-refractivity contribution < 1.29 is 0 Å². The van der Waals surface area contributed by atoms with Gasteiger partial charge in [-0.1, -0.05) is 12.7 Å². The normalized spacial score (nSPS) is 11.1. The predicted octanol–water partition coefficient (Wildman–Crippen LogP) is 1.67. The summed E-state index contributed by atoms with van der Waals surface area (Å²) in [7, 11) is 3.67. The molecule has 0 aliphatic heterocycles. The molecule has 56 valence electrons. The van der Waals surface area contributed by atoms with E-state index < -0.39 is 0 Å². The van der Waals surface area contributed by atoms with E-state index in [1.54, 1.807) is 13.3 Å². The summed E-state index contributed by atoms with van der Waals surface area (Å²) >= 11 is 0. The van der Waals surface area contributed by atoms with Gasteiger partial charge in [0.05, 0.1) is 5.70 Å². The molecule has 0 unspecified atom stereocenters. The van der Waals surface area contributed by atoms with Gasteiger partial charge in [-0.05, 0) is 13.1 Å². The monoisotopic (exact) mass is 138 g/mol. The van der Waals surface area contributed by atoms with Gasteiger partial charge in [0.15, 0.2) is 0 Å². The molecule has 0 aromatic heterocycles. The molecule has 0 atom stereocenters. The number of hydrogen-bond donors (Lipinski definition) is 0. The van der Waals surface area contributed by atoms with Crippen LogP contribution in [-0.2, 0) is 0 Å². The van der Waals surface area contributed by atoms with E-state index in [0.717, 1.165) is 5.70 Å². The van der Waals surface area contributed by atoms with Crippen LogP contribution < -0.4 is 0 Å². The Balaban J connectivity index is 3.94. The van der Waals surface area contributed by atoms with Crippen LogP contribution in [0, 0.1) is 0 Å². The van der Waals surface area contributed by atoms with Gasteiger partial charge in [-0.25, -0.2) is 0 Å². The third-order valence-corrected chi connectivity index (χ3v) is 1.10. The first-order valence-corrected chi connectivity index (χ1v) is 3.19. The molecule has 0 saturated carbocycles. The second-order valence-electron chi connectivity index (χ2n) is 1.97. The van der Waals surface area contributed by atoms with E-state index in [0.29, 0.717) is 0 Å². The predicted molar refractivity (Wildman–Crippen MR) is 46.1 cm³/mol. The Bertz CT molecular complexity index is 157. The number of hydrogen-bond acceptors (Lipinski definition) is 2. The highest BCUT2D eigenvalue weighted by molar-refractivity contribution is 5.76. The maximum absolute atomic E-state index is 3.84. The molecule has 0 N–H and O–H groups in total. The van der Waals surface area contributed by atoms with Crippen LogP contribution in [0.4, 0.5) is 0 Å². The lowest BCUT2D eigenvalue weighted by atomic mass is 10.5. The topological polar surface area (TPSA) is 15.6 Å². The molecule has 0 rings (SSSR count). The fraction of sp³-hybridized carbons (Fsp3) is 0.375. The lowest BCUT2D eigenvalue weighted by molar-refractivity contribution is 0.603. The van der Waals surface area contributed by atoms with Gasteiger partial charge in [-0.3, -0.25) is 4.99 Å². The molecule has 0 aliphatic carbocycles. The SMILES string of the molecule is C=C(C=NC)N(C)/C=C\C. The summed E-state index contributed by atoms with van der Waals surface area (Å²) in [6, 6.07) is 0. The average Bonchev–Trinajstić information content (AvgIpc) is 1.89. The smallest absolute Gasteiger partial charge is 0.0511 e. The van der Waals surface area contributed by atoms with Crippen LogP contribution in [0.25, 0.3) is 0 Å². The average molecular weight is 138 g/mol. The summed E-state index contributed by atoms with van der Waals surface area (Å²) in [5, 5.41) is 0. The second kappa shape index (κ2) is 4.79. The molecule has 0 amide bonds. The highest BCUT2D eigenvalue weighted by Gasteiger charge is 1.90. The first kappa shape index (κ1) is 8.95. The molecule has 10 heavy (non-hydrogen) atoms. The summed E-state index contributed by atoms with van der Waals surface area (Å²) in [6.07, 6.45) is 5.61. The minimum absolute atomic E-state index is 0.889. The number of aliphatic imine (C=N–C) groups is 1. The van der Waals surface area contributed by atoms with Crippen molar-refractivity contribution in [2.24, 2.45) is 4.99 Å². The van der Waals surface area contributed by atoms with Crippen LogP contribution in [0.5, 0.6) is 0 Å². The zero-order valence-corrected chi connectivity index (χ0v) is 6.83. The second-order valence-corrected chi connectivity index (χ2v) is 1.97. The summed E-state index contributed by atoms with van der Waals surface area (Å²) in [6.45, 7) is 5.75. The van der Waals surface area contributed by atoms with E-state index >= 15 is 0 Å². The molecule has 0 saturated heterocycles. The molecular formula is C8H14N2. The number of allylic oxidation sites excluding steroid dienone is 2. The fourth-order valence-corrected chi connectivity index (χ4v) is 0.559. The Kier molecular flexibility index (Phi) is 4.29. The lowest BCUT2D eigenvalue weighted by Crippen LogP contribution is -2.09. The van der Waals surface area contributed by atoms with E-state index in [9.17, 15) is 0 Å². The molecular weight excluding hydrogens is 124 g/mol. The van der Waals surface area contributed by atoms with Crippen LogP contribution in [0.15, 0.2) is 29.5 Å². The fourth-order valence-electron chi connectivity index (χ4n) is 0.559. The molecule has 0 spiro atoms. The van der Waals surface area contributed by atoms with Gasteiger partial charge in [0.2, 0.25) is 0 Å². The summed E-state index contributed by atoms with van der Waals surface area (Å²) in [4.78, 5) is 5.75. The minimum atomic E-state index is 0.889. The zero-order valence-electron chi connectivity index (χ0n) is 6.83. The first-order valence-electron chi connectivity index (χ1n) is 3.19. The summed E-state index contributed by atoms with van der Waals surface area (Å²) < 4.78 is 0. The number of rotatable bonds is 3. The van der Waals surface area contributed by atoms with Crippen molar-refractivity contribution in [3.63, 3.8) is 0 Å².